The Morgan fingerprint density at radius 2 is 1.82 bits per heavy atom. The fourth-order valence-corrected chi connectivity index (χ4v) is 4.46. The molecule has 34 heavy (non-hydrogen) atoms. The third-order valence-electron chi connectivity index (χ3n) is 6.31. The van der Waals surface area contributed by atoms with E-state index < -0.39 is 0 Å². The maximum atomic E-state index is 13.1. The summed E-state index contributed by atoms with van der Waals surface area (Å²) >= 11 is 0. The standard InChI is InChI=1S/C27H27FN4O2/c1-31-14-13-18(16-31)17-32(2)27-30-24-15-23(11-12-25(24)34-27)29-26(33)21-5-3-19(4-6-21)20-7-9-22(28)10-8-20/h3-12,15,18H,13-14,16-17H2,1-2H3,(H,29,33). The molecular formula is C27H27FN4O2. The smallest absolute Gasteiger partial charge is 0.298 e. The Balaban J connectivity index is 1.26. The molecule has 3 aromatic carbocycles. The lowest BCUT2D eigenvalue weighted by atomic mass is 10.0. The molecule has 174 valence electrons. The van der Waals surface area contributed by atoms with Crippen LogP contribution < -0.4 is 10.2 Å². The lowest BCUT2D eigenvalue weighted by Gasteiger charge is -2.18. The molecule has 0 spiro atoms. The van der Waals surface area contributed by atoms with Crippen LogP contribution in [0.4, 0.5) is 16.1 Å². The second-order valence-electron chi connectivity index (χ2n) is 9.01. The Hall–Kier alpha value is -3.71. The number of rotatable bonds is 6. The highest BCUT2D eigenvalue weighted by Crippen LogP contribution is 2.26. The lowest BCUT2D eigenvalue weighted by Crippen LogP contribution is -2.27. The number of likely N-dealkylation sites (tertiary alicyclic amines) is 1. The van der Waals surface area contributed by atoms with Crippen LogP contribution in [0.25, 0.3) is 22.2 Å². The van der Waals surface area contributed by atoms with E-state index in [1.54, 1.807) is 24.3 Å². The van der Waals surface area contributed by atoms with Crippen molar-refractivity contribution in [2.24, 2.45) is 5.92 Å². The third kappa shape index (κ3) is 4.79. The van der Waals surface area contributed by atoms with Crippen molar-refractivity contribution in [3.63, 3.8) is 0 Å². The number of carbonyl (C=O) groups excluding carboxylic acids is 1. The van der Waals surface area contributed by atoms with Crippen molar-refractivity contribution >= 4 is 28.7 Å². The number of nitrogens with zero attached hydrogens (tertiary/aromatic N) is 3. The molecule has 6 nitrogen and oxygen atoms in total. The Kier molecular flexibility index (Phi) is 6.02. The van der Waals surface area contributed by atoms with E-state index in [4.69, 9.17) is 4.42 Å². The Bertz CT molecular complexity index is 1300. The van der Waals surface area contributed by atoms with Gasteiger partial charge in [-0.15, -0.1) is 0 Å². The molecule has 7 heteroatoms. The average molecular weight is 459 g/mol. The van der Waals surface area contributed by atoms with Crippen LogP contribution in [0.2, 0.25) is 0 Å². The molecule has 1 atom stereocenters. The van der Waals surface area contributed by atoms with Crippen LogP contribution in [0.5, 0.6) is 0 Å². The number of benzene rings is 3. The molecule has 1 N–H and O–H groups in total. The number of oxazole rings is 1. The normalized spacial score (nSPS) is 16.1. The van der Waals surface area contributed by atoms with Crippen molar-refractivity contribution in [1.82, 2.24) is 9.88 Å². The summed E-state index contributed by atoms with van der Waals surface area (Å²) in [6.07, 6.45) is 1.18. The van der Waals surface area contributed by atoms with E-state index in [2.05, 4.69) is 27.1 Å². The van der Waals surface area contributed by atoms with Gasteiger partial charge in [-0.2, -0.15) is 4.98 Å². The predicted octanol–water partition coefficient (Wildman–Crippen LogP) is 5.27. The predicted molar refractivity (Wildman–Crippen MR) is 133 cm³/mol. The van der Waals surface area contributed by atoms with Gasteiger partial charge in [0.25, 0.3) is 11.9 Å². The highest BCUT2D eigenvalue weighted by molar-refractivity contribution is 6.05. The van der Waals surface area contributed by atoms with Crippen molar-refractivity contribution in [2.75, 3.05) is 43.9 Å². The first-order chi connectivity index (χ1) is 16.4. The maximum Gasteiger partial charge on any atom is 0.298 e. The van der Waals surface area contributed by atoms with Gasteiger partial charge < -0.3 is 19.5 Å². The molecule has 1 aliphatic heterocycles. The quantitative estimate of drug-likeness (QED) is 0.426. The highest BCUT2D eigenvalue weighted by atomic mass is 19.1. The molecule has 1 fully saturated rings. The number of hydrogen-bond donors (Lipinski definition) is 1. The van der Waals surface area contributed by atoms with Crippen LogP contribution in [0.15, 0.2) is 71.1 Å². The van der Waals surface area contributed by atoms with Gasteiger partial charge in [-0.05, 0) is 79.5 Å². The summed E-state index contributed by atoms with van der Waals surface area (Å²) in [6, 6.07) is 19.6. The number of carbonyl (C=O) groups is 1. The largest absolute Gasteiger partial charge is 0.423 e. The van der Waals surface area contributed by atoms with Gasteiger partial charge in [-0.1, -0.05) is 24.3 Å². The van der Waals surface area contributed by atoms with Crippen molar-refractivity contribution in [1.29, 1.82) is 0 Å². The molecule has 0 saturated carbocycles. The van der Waals surface area contributed by atoms with Gasteiger partial charge in [0, 0.05) is 31.4 Å². The fourth-order valence-electron chi connectivity index (χ4n) is 4.46. The molecule has 5 rings (SSSR count). The number of hydrogen-bond acceptors (Lipinski definition) is 5. The molecule has 1 aromatic heterocycles. The summed E-state index contributed by atoms with van der Waals surface area (Å²) in [4.78, 5) is 21.8. The summed E-state index contributed by atoms with van der Waals surface area (Å²) in [6.45, 7) is 3.12. The van der Waals surface area contributed by atoms with E-state index in [-0.39, 0.29) is 11.7 Å². The highest BCUT2D eigenvalue weighted by Gasteiger charge is 2.22. The van der Waals surface area contributed by atoms with Gasteiger partial charge in [0.1, 0.15) is 11.3 Å². The van der Waals surface area contributed by atoms with E-state index in [1.807, 2.05) is 37.4 Å². The maximum absolute atomic E-state index is 13.1. The van der Waals surface area contributed by atoms with E-state index >= 15 is 0 Å². The van der Waals surface area contributed by atoms with Crippen LogP contribution in [-0.2, 0) is 0 Å². The summed E-state index contributed by atoms with van der Waals surface area (Å²) in [5.41, 5.74) is 4.39. The number of amides is 1. The van der Waals surface area contributed by atoms with Gasteiger partial charge in [0.15, 0.2) is 5.58 Å². The minimum Gasteiger partial charge on any atom is -0.423 e. The molecule has 1 amide bonds. The monoisotopic (exact) mass is 458 g/mol. The zero-order chi connectivity index (χ0) is 23.7. The van der Waals surface area contributed by atoms with Crippen LogP contribution in [0.1, 0.15) is 16.8 Å². The van der Waals surface area contributed by atoms with Crippen molar-refractivity contribution in [3.05, 3.63) is 78.1 Å². The number of aromatic nitrogens is 1. The van der Waals surface area contributed by atoms with Gasteiger partial charge >= 0.3 is 0 Å². The Morgan fingerprint density at radius 1 is 1.12 bits per heavy atom. The lowest BCUT2D eigenvalue weighted by molar-refractivity contribution is 0.102. The first-order valence-corrected chi connectivity index (χ1v) is 11.4. The molecule has 1 saturated heterocycles. The molecule has 0 radical (unpaired) electrons. The number of fused-ring (bicyclic) bond motifs is 1. The Labute approximate surface area is 198 Å². The van der Waals surface area contributed by atoms with E-state index in [1.165, 1.54) is 18.6 Å². The average Bonchev–Trinajstić information content (AvgIpc) is 3.45. The van der Waals surface area contributed by atoms with Gasteiger partial charge in [0.05, 0.1) is 0 Å². The zero-order valence-electron chi connectivity index (χ0n) is 19.3. The topological polar surface area (TPSA) is 61.6 Å². The Morgan fingerprint density at radius 3 is 2.50 bits per heavy atom. The van der Waals surface area contributed by atoms with Gasteiger partial charge in [-0.25, -0.2) is 4.39 Å². The first-order valence-electron chi connectivity index (χ1n) is 11.4. The van der Waals surface area contributed by atoms with Crippen LogP contribution in [0.3, 0.4) is 0 Å². The zero-order valence-corrected chi connectivity index (χ0v) is 19.3. The molecule has 1 aliphatic rings. The third-order valence-corrected chi connectivity index (χ3v) is 6.31. The van der Waals surface area contributed by atoms with Gasteiger partial charge in [-0.3, -0.25) is 4.79 Å². The second kappa shape index (κ2) is 9.27. The fraction of sp³-hybridized carbons (Fsp3) is 0.259. The van der Waals surface area contributed by atoms with E-state index in [0.29, 0.717) is 34.3 Å². The minimum absolute atomic E-state index is 0.212. The van der Waals surface area contributed by atoms with E-state index in [0.717, 1.165) is 30.8 Å². The van der Waals surface area contributed by atoms with Crippen molar-refractivity contribution < 1.29 is 13.6 Å². The first kappa shape index (κ1) is 22.1. The van der Waals surface area contributed by atoms with E-state index in [9.17, 15) is 9.18 Å². The number of anilines is 2. The van der Waals surface area contributed by atoms with Crippen LogP contribution in [0, 0.1) is 11.7 Å². The summed E-state index contributed by atoms with van der Waals surface area (Å²) in [5.74, 6) is 0.120. The molecular weight excluding hydrogens is 431 g/mol. The molecule has 2 heterocycles. The summed E-state index contributed by atoms with van der Waals surface area (Å²) in [7, 11) is 4.15. The van der Waals surface area contributed by atoms with Crippen LogP contribution in [-0.4, -0.2) is 49.5 Å². The second-order valence-corrected chi connectivity index (χ2v) is 9.01. The van der Waals surface area contributed by atoms with Gasteiger partial charge in [0.2, 0.25) is 0 Å². The summed E-state index contributed by atoms with van der Waals surface area (Å²) in [5, 5.41) is 2.93. The number of halogens is 1. The summed E-state index contributed by atoms with van der Waals surface area (Å²) < 4.78 is 19.1. The van der Waals surface area contributed by atoms with Crippen molar-refractivity contribution in [3.8, 4) is 11.1 Å². The molecule has 4 aromatic rings. The molecule has 0 aliphatic carbocycles. The SMILES string of the molecule is CN1CCC(CN(C)c2nc3cc(NC(=O)c4ccc(-c5ccc(F)cc5)cc4)ccc3o2)C1. The minimum atomic E-state index is -0.274. The van der Waals surface area contributed by atoms with Crippen molar-refractivity contribution in [2.45, 2.75) is 6.42 Å². The number of nitrogens with one attached hydrogen (secondary N) is 1. The molecule has 0 bridgehead atoms. The van der Waals surface area contributed by atoms with Crippen LogP contribution >= 0.6 is 0 Å². The molecule has 1 unspecified atom stereocenters.